The Labute approximate surface area is 171 Å². The van der Waals surface area contributed by atoms with Gasteiger partial charge < -0.3 is 29.7 Å². The van der Waals surface area contributed by atoms with Crippen molar-refractivity contribution in [3.63, 3.8) is 0 Å². The second kappa shape index (κ2) is 15.5. The standard InChI is InChI=1S/C18H30N2O3.C2H2O4/c1-2-3-12-22-17-5-4-6-18(16-17)23-13-8-19-7-9-20-10-14-21-15-11-20;3-1(4)2(5)6/h4-6,16,19H,2-3,7-15H2,1H3;(H,3,4)(H,5,6). The van der Waals surface area contributed by atoms with Crippen LogP contribution in [0, 0.1) is 0 Å². The van der Waals surface area contributed by atoms with Gasteiger partial charge in [-0.25, -0.2) is 9.59 Å². The van der Waals surface area contributed by atoms with Gasteiger partial charge in [0.2, 0.25) is 0 Å². The highest BCUT2D eigenvalue weighted by molar-refractivity contribution is 6.27. The number of benzene rings is 1. The van der Waals surface area contributed by atoms with Crippen LogP contribution in [0.25, 0.3) is 0 Å². The first-order chi connectivity index (χ1) is 14.0. The monoisotopic (exact) mass is 412 g/mol. The topological polar surface area (TPSA) is 118 Å². The summed E-state index contributed by atoms with van der Waals surface area (Å²) in [6, 6.07) is 7.88. The molecule has 1 aromatic rings. The molecule has 0 radical (unpaired) electrons. The van der Waals surface area contributed by atoms with E-state index in [4.69, 9.17) is 34.0 Å². The van der Waals surface area contributed by atoms with Crippen LogP contribution >= 0.6 is 0 Å². The van der Waals surface area contributed by atoms with E-state index in [1.807, 2.05) is 24.3 Å². The summed E-state index contributed by atoms with van der Waals surface area (Å²) in [5.74, 6) is -1.89. The number of morpholine rings is 1. The first kappa shape index (κ1) is 24.7. The van der Waals surface area contributed by atoms with Crippen molar-refractivity contribution in [1.82, 2.24) is 10.2 Å². The third-order valence-corrected chi connectivity index (χ3v) is 4.01. The number of ether oxygens (including phenoxy) is 3. The van der Waals surface area contributed by atoms with Crippen LogP contribution in [-0.2, 0) is 14.3 Å². The second-order valence-corrected chi connectivity index (χ2v) is 6.34. The zero-order valence-corrected chi connectivity index (χ0v) is 17.0. The van der Waals surface area contributed by atoms with E-state index in [9.17, 15) is 0 Å². The van der Waals surface area contributed by atoms with E-state index in [1.165, 1.54) is 0 Å². The van der Waals surface area contributed by atoms with Crippen LogP contribution in [-0.4, -0.2) is 86.2 Å². The molecule has 164 valence electrons. The third-order valence-electron chi connectivity index (χ3n) is 4.01. The van der Waals surface area contributed by atoms with Gasteiger partial charge >= 0.3 is 11.9 Å². The fourth-order valence-electron chi connectivity index (χ4n) is 2.42. The number of carbonyl (C=O) groups is 2. The largest absolute Gasteiger partial charge is 0.493 e. The van der Waals surface area contributed by atoms with Gasteiger partial charge in [0.1, 0.15) is 18.1 Å². The molecule has 0 saturated carbocycles. The number of nitrogens with zero attached hydrogens (tertiary/aromatic N) is 1. The van der Waals surface area contributed by atoms with Crippen LogP contribution in [0.4, 0.5) is 0 Å². The molecule has 29 heavy (non-hydrogen) atoms. The number of hydrogen-bond donors (Lipinski definition) is 3. The number of aliphatic carboxylic acids is 2. The molecule has 1 aliphatic heterocycles. The lowest BCUT2D eigenvalue weighted by Gasteiger charge is -2.26. The highest BCUT2D eigenvalue weighted by Crippen LogP contribution is 2.19. The average molecular weight is 412 g/mol. The molecule has 0 bridgehead atoms. The molecule has 0 aromatic heterocycles. The molecule has 3 N–H and O–H groups in total. The number of unbranched alkanes of at least 4 members (excludes halogenated alkanes) is 1. The fourth-order valence-corrected chi connectivity index (χ4v) is 2.42. The van der Waals surface area contributed by atoms with Crippen molar-refractivity contribution in [2.24, 2.45) is 0 Å². The number of rotatable bonds is 11. The quantitative estimate of drug-likeness (QED) is 0.365. The predicted molar refractivity (Wildman–Crippen MR) is 108 cm³/mol. The van der Waals surface area contributed by atoms with Crippen LogP contribution < -0.4 is 14.8 Å². The molecule has 0 spiro atoms. The highest BCUT2D eigenvalue weighted by atomic mass is 16.5. The maximum absolute atomic E-state index is 9.10. The Kier molecular flexibility index (Phi) is 13.2. The van der Waals surface area contributed by atoms with Crippen molar-refractivity contribution in [2.75, 3.05) is 59.2 Å². The van der Waals surface area contributed by atoms with Crippen LogP contribution in [0.1, 0.15) is 19.8 Å². The molecule has 2 rings (SSSR count). The van der Waals surface area contributed by atoms with E-state index in [0.717, 1.165) is 76.9 Å². The number of carboxylic acid groups (broad SMARTS) is 2. The second-order valence-electron chi connectivity index (χ2n) is 6.34. The molecule has 0 aliphatic carbocycles. The highest BCUT2D eigenvalue weighted by Gasteiger charge is 2.08. The van der Waals surface area contributed by atoms with Gasteiger partial charge in [-0.05, 0) is 18.6 Å². The van der Waals surface area contributed by atoms with E-state index in [2.05, 4.69) is 17.1 Å². The number of hydrogen-bond acceptors (Lipinski definition) is 7. The summed E-state index contributed by atoms with van der Waals surface area (Å²) in [4.78, 5) is 20.6. The number of nitrogens with one attached hydrogen (secondary N) is 1. The van der Waals surface area contributed by atoms with E-state index >= 15 is 0 Å². The zero-order chi connectivity index (χ0) is 21.3. The average Bonchev–Trinajstić information content (AvgIpc) is 2.72. The smallest absolute Gasteiger partial charge is 0.414 e. The SMILES string of the molecule is CCCCOc1cccc(OCCNCCN2CCOCC2)c1.O=C(O)C(=O)O. The number of carboxylic acids is 2. The van der Waals surface area contributed by atoms with Crippen LogP contribution in [0.15, 0.2) is 24.3 Å². The molecular formula is C20H32N2O7. The van der Waals surface area contributed by atoms with Crippen molar-refractivity contribution >= 4 is 11.9 Å². The van der Waals surface area contributed by atoms with Gasteiger partial charge in [-0.3, -0.25) is 4.90 Å². The Morgan fingerprint density at radius 3 is 2.28 bits per heavy atom. The van der Waals surface area contributed by atoms with Crippen molar-refractivity contribution in [3.8, 4) is 11.5 Å². The molecule has 0 amide bonds. The Bertz CT molecular complexity index is 580. The Balaban J connectivity index is 0.000000612. The molecule has 1 aliphatic rings. The molecule has 1 aromatic carbocycles. The summed E-state index contributed by atoms with van der Waals surface area (Å²) in [7, 11) is 0. The first-order valence-electron chi connectivity index (χ1n) is 9.85. The maximum atomic E-state index is 9.10. The van der Waals surface area contributed by atoms with Gasteiger partial charge in [0, 0.05) is 38.8 Å². The summed E-state index contributed by atoms with van der Waals surface area (Å²) >= 11 is 0. The minimum absolute atomic E-state index is 0.668. The van der Waals surface area contributed by atoms with Crippen molar-refractivity contribution in [3.05, 3.63) is 24.3 Å². The van der Waals surface area contributed by atoms with Crippen molar-refractivity contribution in [2.45, 2.75) is 19.8 Å². The summed E-state index contributed by atoms with van der Waals surface area (Å²) in [6.45, 7) is 10.3. The van der Waals surface area contributed by atoms with Gasteiger partial charge in [0.05, 0.1) is 19.8 Å². The molecule has 1 saturated heterocycles. The van der Waals surface area contributed by atoms with Crippen LogP contribution in [0.3, 0.4) is 0 Å². The van der Waals surface area contributed by atoms with E-state index in [-0.39, 0.29) is 0 Å². The van der Waals surface area contributed by atoms with E-state index < -0.39 is 11.9 Å². The molecule has 9 heteroatoms. The molecule has 0 unspecified atom stereocenters. The van der Waals surface area contributed by atoms with E-state index in [0.29, 0.717) is 6.61 Å². The van der Waals surface area contributed by atoms with Crippen LogP contribution in [0.5, 0.6) is 11.5 Å². The van der Waals surface area contributed by atoms with Crippen molar-refractivity contribution < 1.29 is 34.0 Å². The van der Waals surface area contributed by atoms with Gasteiger partial charge in [0.15, 0.2) is 0 Å². The molecule has 0 atom stereocenters. The van der Waals surface area contributed by atoms with E-state index in [1.54, 1.807) is 0 Å². The Hall–Kier alpha value is -2.36. The molecule has 9 nitrogen and oxygen atoms in total. The van der Waals surface area contributed by atoms with Gasteiger partial charge in [-0.1, -0.05) is 19.4 Å². The summed E-state index contributed by atoms with van der Waals surface area (Å²) < 4.78 is 16.8. The Morgan fingerprint density at radius 2 is 1.69 bits per heavy atom. The van der Waals surface area contributed by atoms with Crippen LogP contribution in [0.2, 0.25) is 0 Å². The normalized spacial score (nSPS) is 13.8. The molecule has 1 heterocycles. The van der Waals surface area contributed by atoms with Crippen molar-refractivity contribution in [1.29, 1.82) is 0 Å². The van der Waals surface area contributed by atoms with Gasteiger partial charge in [-0.2, -0.15) is 0 Å². The molecular weight excluding hydrogens is 380 g/mol. The third kappa shape index (κ3) is 12.7. The lowest BCUT2D eigenvalue weighted by atomic mass is 10.3. The van der Waals surface area contributed by atoms with Gasteiger partial charge in [0.25, 0.3) is 0 Å². The van der Waals surface area contributed by atoms with Gasteiger partial charge in [-0.15, -0.1) is 0 Å². The maximum Gasteiger partial charge on any atom is 0.414 e. The first-order valence-corrected chi connectivity index (χ1v) is 9.85. The predicted octanol–water partition coefficient (Wildman–Crippen LogP) is 1.32. The lowest BCUT2D eigenvalue weighted by Crippen LogP contribution is -2.40. The summed E-state index contributed by atoms with van der Waals surface area (Å²) in [5.41, 5.74) is 0. The molecule has 1 fully saturated rings. The lowest BCUT2D eigenvalue weighted by molar-refractivity contribution is -0.159. The summed E-state index contributed by atoms with van der Waals surface area (Å²) in [6.07, 6.45) is 2.23. The minimum Gasteiger partial charge on any atom is -0.493 e. The fraction of sp³-hybridized carbons (Fsp3) is 0.600. The minimum atomic E-state index is -1.82. The zero-order valence-electron chi connectivity index (χ0n) is 17.0. The Morgan fingerprint density at radius 1 is 1.07 bits per heavy atom. The summed E-state index contributed by atoms with van der Waals surface area (Å²) in [5, 5.41) is 18.2.